The Kier molecular flexibility index (Phi) is 3.38. The van der Waals surface area contributed by atoms with Gasteiger partial charge in [-0.2, -0.15) is 0 Å². The summed E-state index contributed by atoms with van der Waals surface area (Å²) in [6.07, 6.45) is 2.54. The van der Waals surface area contributed by atoms with E-state index in [0.717, 1.165) is 6.42 Å². The number of carbonyl (C=O) groups excluding carboxylic acids is 1. The van der Waals surface area contributed by atoms with Gasteiger partial charge in [-0.05, 0) is 6.42 Å². The van der Waals surface area contributed by atoms with Crippen molar-refractivity contribution >= 4 is 5.97 Å². The van der Waals surface area contributed by atoms with Crippen molar-refractivity contribution in [3.63, 3.8) is 0 Å². The van der Waals surface area contributed by atoms with Gasteiger partial charge in [-0.15, -0.1) is 0 Å². The van der Waals surface area contributed by atoms with Crippen LogP contribution in [0.5, 0.6) is 0 Å². The lowest BCUT2D eigenvalue weighted by atomic mass is 10.3. The Labute approximate surface area is 43.2 Å². The van der Waals surface area contributed by atoms with Gasteiger partial charge in [0, 0.05) is 0 Å². The van der Waals surface area contributed by atoms with Crippen LogP contribution in [-0.4, -0.2) is 5.97 Å². The van der Waals surface area contributed by atoms with E-state index in [1.54, 1.807) is 6.42 Å². The van der Waals surface area contributed by atoms with E-state index in [1.165, 1.54) is 0 Å². The Morgan fingerprint density at radius 2 is 2.29 bits per heavy atom. The van der Waals surface area contributed by atoms with E-state index >= 15 is 0 Å². The summed E-state index contributed by atoms with van der Waals surface area (Å²) in [5, 5.41) is 9.62. The van der Waals surface area contributed by atoms with Crippen LogP contribution in [0.3, 0.4) is 0 Å². The molecular formula is C5H8O2. The number of hydrogen-bond acceptors (Lipinski definition) is 1. The molecule has 0 amide bonds. The second-order valence-electron chi connectivity index (χ2n) is 1.27. The monoisotopic (exact) mass is 100 g/mol. The van der Waals surface area contributed by atoms with Crippen molar-refractivity contribution in [1.29, 1.82) is 0 Å². The molecule has 0 saturated carbocycles. The second-order valence-corrected chi connectivity index (χ2v) is 1.27. The Hall–Kier alpha value is -0.530. The summed E-state index contributed by atoms with van der Waals surface area (Å²) < 4.78 is 0. The first-order valence-electron chi connectivity index (χ1n) is 2.29. The van der Waals surface area contributed by atoms with Gasteiger partial charge in [0.25, 0.3) is 0 Å². The summed E-state index contributed by atoms with van der Waals surface area (Å²) in [6, 6.07) is 0. The zero-order valence-electron chi connectivity index (χ0n) is 4.31. The fourth-order valence-electron chi connectivity index (χ4n) is 0.262. The van der Waals surface area contributed by atoms with E-state index < -0.39 is 5.97 Å². The second kappa shape index (κ2) is 3.65. The molecule has 0 heterocycles. The van der Waals surface area contributed by atoms with E-state index in [2.05, 4.69) is 0 Å². The van der Waals surface area contributed by atoms with Crippen LogP contribution >= 0.6 is 0 Å². The van der Waals surface area contributed by atoms with Gasteiger partial charge in [0.05, 0.1) is 6.42 Å². The minimum absolute atomic E-state index is 0.0799. The molecule has 40 valence electrons. The smallest absolute Gasteiger partial charge is 0.247 e. The number of carbonyl (C=O) groups is 1. The zero-order chi connectivity index (χ0) is 5.70. The average molecular weight is 100 g/mol. The Bertz CT molecular complexity index is 59.1. The van der Waals surface area contributed by atoms with Gasteiger partial charge in [-0.25, -0.2) is 9.90 Å². The summed E-state index contributed by atoms with van der Waals surface area (Å²) in [5.41, 5.74) is 0. The zero-order valence-corrected chi connectivity index (χ0v) is 4.31. The third-order valence-corrected chi connectivity index (χ3v) is 0.600. The van der Waals surface area contributed by atoms with Crippen LogP contribution in [-0.2, 0) is 9.90 Å². The molecule has 2 heteroatoms. The summed E-state index contributed by atoms with van der Waals surface area (Å²) in [5.74, 6) is -0.998. The first-order valence-corrected chi connectivity index (χ1v) is 2.29. The minimum Gasteiger partial charge on any atom is -0.247 e. The highest BCUT2D eigenvalue weighted by Gasteiger charge is 1.94. The van der Waals surface area contributed by atoms with Crippen LogP contribution in [0, 0.1) is 6.42 Å². The predicted octanol–water partition coefficient (Wildman–Crippen LogP) is 0.948. The van der Waals surface area contributed by atoms with Crippen LogP contribution in [0.4, 0.5) is 0 Å². The molecule has 0 rings (SSSR count). The average Bonchev–Trinajstić information content (AvgIpc) is 1.61. The van der Waals surface area contributed by atoms with Gasteiger partial charge in [0.15, 0.2) is 0 Å². The van der Waals surface area contributed by atoms with Crippen LogP contribution < -0.4 is 0 Å². The molecule has 7 heavy (non-hydrogen) atoms. The molecule has 0 aromatic rings. The highest BCUT2D eigenvalue weighted by Crippen LogP contribution is 1.89. The van der Waals surface area contributed by atoms with Gasteiger partial charge in [-0.3, -0.25) is 0 Å². The number of unbranched alkanes of at least 4 members (excludes halogenated alkanes) is 1. The van der Waals surface area contributed by atoms with Crippen molar-refractivity contribution in [3.05, 3.63) is 6.42 Å². The predicted molar refractivity (Wildman–Crippen MR) is 24.9 cm³/mol. The van der Waals surface area contributed by atoms with E-state index in [9.17, 15) is 9.90 Å². The van der Waals surface area contributed by atoms with E-state index in [0.29, 0.717) is 0 Å². The summed E-state index contributed by atoms with van der Waals surface area (Å²) >= 11 is 0. The maximum atomic E-state index is 9.62. The lowest BCUT2D eigenvalue weighted by molar-refractivity contribution is -0.142. The molecule has 0 aliphatic carbocycles. The van der Waals surface area contributed by atoms with Crippen molar-refractivity contribution < 1.29 is 9.90 Å². The van der Waals surface area contributed by atoms with Crippen molar-refractivity contribution in [2.45, 2.75) is 19.8 Å². The Balaban J connectivity index is 2.82. The highest BCUT2D eigenvalue weighted by atomic mass is 16.4. The molecule has 0 spiro atoms. The Morgan fingerprint density at radius 1 is 1.71 bits per heavy atom. The molecule has 0 N–H and O–H groups in total. The van der Waals surface area contributed by atoms with E-state index in [-0.39, 0.29) is 6.42 Å². The van der Waals surface area contributed by atoms with Crippen LogP contribution in [0.2, 0.25) is 0 Å². The van der Waals surface area contributed by atoms with E-state index in [4.69, 9.17) is 0 Å². The van der Waals surface area contributed by atoms with Crippen molar-refractivity contribution in [1.82, 2.24) is 0 Å². The lowest BCUT2D eigenvalue weighted by Gasteiger charge is -1.82. The molecule has 2 radical (unpaired) electrons. The maximum Gasteiger partial charge on any atom is 0.355 e. The topological polar surface area (TPSA) is 37.0 Å². The van der Waals surface area contributed by atoms with Gasteiger partial charge >= 0.3 is 5.97 Å². The van der Waals surface area contributed by atoms with Gasteiger partial charge in [0.2, 0.25) is 0 Å². The third-order valence-electron chi connectivity index (χ3n) is 0.600. The van der Waals surface area contributed by atoms with Crippen molar-refractivity contribution in [3.8, 4) is 0 Å². The minimum atomic E-state index is -0.998. The van der Waals surface area contributed by atoms with Gasteiger partial charge in [0.1, 0.15) is 0 Å². The molecule has 2 nitrogen and oxygen atoms in total. The normalized spacial score (nSPS) is 8.71. The third kappa shape index (κ3) is 5.47. The van der Waals surface area contributed by atoms with Crippen molar-refractivity contribution in [2.24, 2.45) is 0 Å². The molecule has 0 aliphatic heterocycles. The molecule has 0 aromatic carbocycles. The lowest BCUT2D eigenvalue weighted by Crippen LogP contribution is -1.90. The van der Waals surface area contributed by atoms with Crippen molar-refractivity contribution in [2.75, 3.05) is 0 Å². The fourth-order valence-corrected chi connectivity index (χ4v) is 0.262. The first kappa shape index (κ1) is 6.47. The number of hydrogen-bond donors (Lipinski definition) is 0. The van der Waals surface area contributed by atoms with Crippen LogP contribution in [0.15, 0.2) is 0 Å². The SMILES string of the molecule is CC[CH]CC([O])=O. The quantitative estimate of drug-likeness (QED) is 0.520. The molecule has 0 saturated heterocycles. The molecule has 0 aromatic heterocycles. The molecular weight excluding hydrogens is 92.1 g/mol. The van der Waals surface area contributed by atoms with Crippen LogP contribution in [0.25, 0.3) is 0 Å². The Morgan fingerprint density at radius 3 is 2.43 bits per heavy atom. The summed E-state index contributed by atoms with van der Waals surface area (Å²) in [7, 11) is 0. The molecule has 0 aliphatic rings. The first-order chi connectivity index (χ1) is 3.27. The summed E-state index contributed by atoms with van der Waals surface area (Å²) in [4.78, 5) is 9.62. The standard InChI is InChI=1S/C5H8O2/c1-2-3-4-5(6)7/h3H,2,4H2,1H3. The van der Waals surface area contributed by atoms with Gasteiger partial charge < -0.3 is 0 Å². The fraction of sp³-hybridized carbons (Fsp3) is 0.600. The molecule has 0 bridgehead atoms. The maximum absolute atomic E-state index is 9.62. The molecule has 0 unspecified atom stereocenters. The van der Waals surface area contributed by atoms with Crippen LogP contribution in [0.1, 0.15) is 19.8 Å². The number of rotatable bonds is 3. The van der Waals surface area contributed by atoms with E-state index in [1.807, 2.05) is 6.92 Å². The molecule has 0 atom stereocenters. The summed E-state index contributed by atoms with van der Waals surface area (Å²) in [6.45, 7) is 1.89. The highest BCUT2D eigenvalue weighted by molar-refractivity contribution is 5.67. The largest absolute Gasteiger partial charge is 0.355 e. The van der Waals surface area contributed by atoms with Gasteiger partial charge in [-0.1, -0.05) is 13.3 Å². The molecule has 0 fully saturated rings.